The van der Waals surface area contributed by atoms with Gasteiger partial charge in [-0.1, -0.05) is 26.0 Å². The van der Waals surface area contributed by atoms with E-state index in [1.54, 1.807) is 0 Å². The molecule has 1 fully saturated rings. The number of carbonyl (C=O) groups is 1. The van der Waals surface area contributed by atoms with Crippen molar-refractivity contribution in [3.63, 3.8) is 0 Å². The van der Waals surface area contributed by atoms with Gasteiger partial charge in [0.05, 0.1) is 0 Å². The monoisotopic (exact) mass is 339 g/mol. The Hall–Kier alpha value is -2.07. The number of hydrogen-bond acceptors (Lipinski definition) is 2. The first-order valence-electron chi connectivity index (χ1n) is 9.15. The lowest BCUT2D eigenvalue weighted by Crippen LogP contribution is -2.47. The van der Waals surface area contributed by atoms with Gasteiger partial charge in [0.1, 0.15) is 5.69 Å². The molecule has 0 aliphatic carbocycles. The van der Waals surface area contributed by atoms with Gasteiger partial charge in [0.25, 0.3) is 5.91 Å². The number of amides is 1. The number of aryl methyl sites for hydroxylation is 1. The fourth-order valence-corrected chi connectivity index (χ4v) is 3.65. The molecule has 2 aromatic rings. The number of likely N-dealkylation sites (N-methyl/N-ethyl adjacent to an activating group) is 1. The molecule has 3 rings (SSSR count). The number of hydrogen-bond donors (Lipinski definition) is 0. The summed E-state index contributed by atoms with van der Waals surface area (Å²) in [7, 11) is 2.11. The van der Waals surface area contributed by atoms with Crippen LogP contribution in [-0.4, -0.2) is 53.5 Å². The van der Waals surface area contributed by atoms with Crippen LogP contribution in [0, 0.1) is 6.92 Å². The van der Waals surface area contributed by atoms with Crippen LogP contribution in [0.1, 0.15) is 41.4 Å². The Kier molecular flexibility index (Phi) is 5.00. The Morgan fingerprint density at radius 2 is 1.92 bits per heavy atom. The summed E-state index contributed by atoms with van der Waals surface area (Å²) in [5.41, 5.74) is 4.34. The number of rotatable bonds is 4. The highest BCUT2D eigenvalue weighted by molar-refractivity contribution is 6.02. The minimum Gasteiger partial charge on any atom is -0.335 e. The van der Waals surface area contributed by atoms with E-state index in [-0.39, 0.29) is 5.91 Å². The molecule has 134 valence electrons. The first-order chi connectivity index (χ1) is 11.9. The maximum Gasteiger partial charge on any atom is 0.270 e. The third kappa shape index (κ3) is 3.23. The molecule has 1 aromatic carbocycles. The topological polar surface area (TPSA) is 28.5 Å². The van der Waals surface area contributed by atoms with Crippen LogP contribution < -0.4 is 0 Å². The lowest BCUT2D eigenvalue weighted by Gasteiger charge is -2.32. The van der Waals surface area contributed by atoms with Crippen molar-refractivity contribution < 1.29 is 4.79 Å². The zero-order chi connectivity index (χ0) is 18.1. The van der Waals surface area contributed by atoms with Crippen LogP contribution >= 0.6 is 0 Å². The molecule has 0 radical (unpaired) electrons. The van der Waals surface area contributed by atoms with E-state index in [0.717, 1.165) is 43.0 Å². The molecular formula is C21H29N3O. The highest BCUT2D eigenvalue weighted by atomic mass is 16.2. The highest BCUT2D eigenvalue weighted by Gasteiger charge is 2.26. The van der Waals surface area contributed by atoms with Crippen LogP contribution in [0.4, 0.5) is 0 Å². The van der Waals surface area contributed by atoms with E-state index >= 15 is 0 Å². The summed E-state index contributed by atoms with van der Waals surface area (Å²) in [4.78, 5) is 17.5. The van der Waals surface area contributed by atoms with Crippen molar-refractivity contribution in [1.82, 2.24) is 14.4 Å². The van der Waals surface area contributed by atoms with Gasteiger partial charge in [-0.05, 0) is 43.1 Å². The van der Waals surface area contributed by atoms with Gasteiger partial charge in [-0.2, -0.15) is 0 Å². The number of carbonyl (C=O) groups excluding carboxylic acids is 1. The number of benzene rings is 1. The van der Waals surface area contributed by atoms with E-state index in [0.29, 0.717) is 12.5 Å². The summed E-state index contributed by atoms with van der Waals surface area (Å²) in [6.45, 7) is 14.5. The maximum absolute atomic E-state index is 13.3. The van der Waals surface area contributed by atoms with Gasteiger partial charge >= 0.3 is 0 Å². The smallest absolute Gasteiger partial charge is 0.270 e. The third-order valence-electron chi connectivity index (χ3n) is 5.31. The second kappa shape index (κ2) is 7.04. The number of nitrogens with zero attached hydrogens (tertiary/aromatic N) is 3. The first-order valence-corrected chi connectivity index (χ1v) is 9.15. The van der Waals surface area contributed by atoms with Crippen molar-refractivity contribution >= 4 is 16.8 Å². The average molecular weight is 339 g/mol. The number of aromatic nitrogens is 1. The minimum absolute atomic E-state index is 0.148. The van der Waals surface area contributed by atoms with E-state index in [1.165, 1.54) is 10.9 Å². The molecule has 2 heterocycles. The quantitative estimate of drug-likeness (QED) is 0.796. The Bertz CT molecular complexity index is 795. The van der Waals surface area contributed by atoms with Crippen LogP contribution in [-0.2, 0) is 6.54 Å². The second-order valence-corrected chi connectivity index (χ2v) is 7.40. The molecule has 1 saturated heterocycles. The van der Waals surface area contributed by atoms with Crippen LogP contribution in [0.15, 0.2) is 30.9 Å². The van der Waals surface area contributed by atoms with E-state index in [9.17, 15) is 4.79 Å². The summed E-state index contributed by atoms with van der Waals surface area (Å²) < 4.78 is 2.13. The lowest BCUT2D eigenvalue weighted by atomic mass is 10.0. The largest absolute Gasteiger partial charge is 0.335 e. The van der Waals surface area contributed by atoms with Gasteiger partial charge in [0.2, 0.25) is 0 Å². The Morgan fingerprint density at radius 1 is 1.24 bits per heavy atom. The van der Waals surface area contributed by atoms with Crippen LogP contribution in [0.5, 0.6) is 0 Å². The Labute approximate surface area is 150 Å². The molecule has 0 spiro atoms. The van der Waals surface area contributed by atoms with Gasteiger partial charge < -0.3 is 14.4 Å². The molecule has 25 heavy (non-hydrogen) atoms. The standard InChI is InChI=1S/C21H29N3O/c1-6-9-24-19-8-7-17(15(2)3)14-18(19)16(4)20(24)21(25)23-12-10-22(5)11-13-23/h6-8,14-15H,1,9-13H2,2-5H3. The molecule has 0 N–H and O–H groups in total. The molecule has 0 atom stereocenters. The van der Waals surface area contributed by atoms with Crippen molar-refractivity contribution in [3.8, 4) is 0 Å². The van der Waals surface area contributed by atoms with Crippen molar-refractivity contribution in [2.45, 2.75) is 33.2 Å². The summed E-state index contributed by atoms with van der Waals surface area (Å²) in [5.74, 6) is 0.623. The summed E-state index contributed by atoms with van der Waals surface area (Å²) in [5, 5.41) is 1.19. The van der Waals surface area contributed by atoms with Crippen LogP contribution in [0.2, 0.25) is 0 Å². The fraction of sp³-hybridized carbons (Fsp3) is 0.476. The summed E-state index contributed by atoms with van der Waals surface area (Å²) >= 11 is 0. The van der Waals surface area contributed by atoms with Gasteiger partial charge in [0.15, 0.2) is 0 Å². The molecule has 4 heteroatoms. The number of allylic oxidation sites excluding steroid dienone is 1. The third-order valence-corrected chi connectivity index (χ3v) is 5.31. The maximum atomic E-state index is 13.3. The summed E-state index contributed by atoms with van der Waals surface area (Å²) in [6.07, 6.45) is 1.87. The molecule has 1 aromatic heterocycles. The fourth-order valence-electron chi connectivity index (χ4n) is 3.65. The van der Waals surface area contributed by atoms with E-state index in [4.69, 9.17) is 0 Å². The molecule has 4 nitrogen and oxygen atoms in total. The molecule has 0 saturated carbocycles. The van der Waals surface area contributed by atoms with Gasteiger partial charge in [0, 0.05) is 43.6 Å². The zero-order valence-electron chi connectivity index (χ0n) is 15.9. The second-order valence-electron chi connectivity index (χ2n) is 7.40. The molecule has 0 bridgehead atoms. The van der Waals surface area contributed by atoms with Gasteiger partial charge in [-0.15, -0.1) is 6.58 Å². The Balaban J connectivity index is 2.09. The predicted molar refractivity (Wildman–Crippen MR) is 104 cm³/mol. The van der Waals surface area contributed by atoms with Crippen molar-refractivity contribution in [2.75, 3.05) is 33.2 Å². The predicted octanol–water partition coefficient (Wildman–Crippen LogP) is 3.65. The van der Waals surface area contributed by atoms with Crippen molar-refractivity contribution in [3.05, 3.63) is 47.7 Å². The van der Waals surface area contributed by atoms with Gasteiger partial charge in [-0.25, -0.2) is 0 Å². The van der Waals surface area contributed by atoms with E-state index in [1.807, 2.05) is 11.0 Å². The normalized spacial score (nSPS) is 16.0. The van der Waals surface area contributed by atoms with Crippen LogP contribution in [0.3, 0.4) is 0 Å². The van der Waals surface area contributed by atoms with E-state index < -0.39 is 0 Å². The lowest BCUT2D eigenvalue weighted by molar-refractivity contribution is 0.0653. The molecule has 1 aliphatic heterocycles. The SMILES string of the molecule is C=CCn1c(C(=O)N2CCN(C)CC2)c(C)c2cc(C(C)C)ccc21. The minimum atomic E-state index is 0.148. The van der Waals surface area contributed by atoms with Crippen molar-refractivity contribution in [1.29, 1.82) is 0 Å². The number of piperazine rings is 1. The van der Waals surface area contributed by atoms with Gasteiger partial charge in [-0.3, -0.25) is 4.79 Å². The number of fused-ring (bicyclic) bond motifs is 1. The first kappa shape index (κ1) is 17.7. The molecule has 1 aliphatic rings. The van der Waals surface area contributed by atoms with Crippen LogP contribution in [0.25, 0.3) is 10.9 Å². The molecular weight excluding hydrogens is 310 g/mol. The summed E-state index contributed by atoms with van der Waals surface area (Å²) in [6, 6.07) is 6.58. The molecule has 1 amide bonds. The zero-order valence-corrected chi connectivity index (χ0v) is 15.9. The Morgan fingerprint density at radius 3 is 2.52 bits per heavy atom. The van der Waals surface area contributed by atoms with E-state index in [2.05, 4.69) is 62.1 Å². The van der Waals surface area contributed by atoms with Crippen molar-refractivity contribution in [2.24, 2.45) is 0 Å². The highest BCUT2D eigenvalue weighted by Crippen LogP contribution is 2.30. The average Bonchev–Trinajstić information content (AvgIpc) is 2.87. The molecule has 0 unspecified atom stereocenters.